The fourth-order valence-corrected chi connectivity index (χ4v) is 3.85. The Morgan fingerprint density at radius 3 is 2.45 bits per heavy atom. The standard InChI is InChI=1S/C16H17F3N2S/c17-16(18,19)15-7-6-12(22-15)8-21-9-13(14(20)10-21)11-4-2-1-3-5-11/h1-7,13-14H,8-10,20H2/t13-,14+/m0/s1. The van der Waals surface area contributed by atoms with E-state index in [-0.39, 0.29) is 12.0 Å². The van der Waals surface area contributed by atoms with Gasteiger partial charge in [-0.1, -0.05) is 30.3 Å². The molecule has 22 heavy (non-hydrogen) atoms. The summed E-state index contributed by atoms with van der Waals surface area (Å²) in [4.78, 5) is 2.33. The Morgan fingerprint density at radius 2 is 1.82 bits per heavy atom. The number of benzene rings is 1. The van der Waals surface area contributed by atoms with Crippen molar-refractivity contribution in [2.24, 2.45) is 5.73 Å². The molecule has 1 aliphatic heterocycles. The zero-order valence-corrected chi connectivity index (χ0v) is 12.7. The summed E-state index contributed by atoms with van der Waals surface area (Å²) in [7, 11) is 0. The van der Waals surface area contributed by atoms with E-state index in [1.54, 1.807) is 6.07 Å². The second-order valence-corrected chi connectivity index (χ2v) is 6.81. The van der Waals surface area contributed by atoms with Crippen LogP contribution < -0.4 is 5.73 Å². The molecule has 3 rings (SSSR count). The van der Waals surface area contributed by atoms with Crippen LogP contribution in [0.1, 0.15) is 21.2 Å². The smallest absolute Gasteiger partial charge is 0.326 e. The maximum atomic E-state index is 12.6. The zero-order chi connectivity index (χ0) is 15.7. The van der Waals surface area contributed by atoms with E-state index >= 15 is 0 Å². The lowest BCUT2D eigenvalue weighted by atomic mass is 9.95. The van der Waals surface area contributed by atoms with Crippen molar-refractivity contribution in [2.45, 2.75) is 24.7 Å². The Labute approximate surface area is 131 Å². The van der Waals surface area contributed by atoms with Gasteiger partial charge in [0.05, 0.1) is 0 Å². The third kappa shape index (κ3) is 3.34. The summed E-state index contributed by atoms with van der Waals surface area (Å²) >= 11 is 0.817. The first-order valence-electron chi connectivity index (χ1n) is 7.12. The quantitative estimate of drug-likeness (QED) is 0.932. The van der Waals surface area contributed by atoms with Crippen LogP contribution in [0.2, 0.25) is 0 Å². The first-order valence-corrected chi connectivity index (χ1v) is 7.94. The maximum absolute atomic E-state index is 12.6. The van der Waals surface area contributed by atoms with E-state index < -0.39 is 11.1 Å². The highest BCUT2D eigenvalue weighted by Crippen LogP contribution is 2.35. The minimum absolute atomic E-state index is 0.0180. The summed E-state index contributed by atoms with van der Waals surface area (Å²) in [6, 6.07) is 12.8. The third-order valence-electron chi connectivity index (χ3n) is 3.99. The molecule has 1 saturated heterocycles. The number of rotatable bonds is 3. The molecule has 2 aromatic rings. The van der Waals surface area contributed by atoms with Crippen LogP contribution in [0.4, 0.5) is 13.2 Å². The molecule has 2 nitrogen and oxygen atoms in total. The van der Waals surface area contributed by atoms with Crippen molar-refractivity contribution in [3.8, 4) is 0 Å². The average Bonchev–Trinajstić information content (AvgIpc) is 3.07. The number of likely N-dealkylation sites (tertiary alicyclic amines) is 1. The highest BCUT2D eigenvalue weighted by atomic mass is 32.1. The topological polar surface area (TPSA) is 29.3 Å². The Bertz CT molecular complexity index is 624. The largest absolute Gasteiger partial charge is 0.425 e. The normalized spacial score (nSPS) is 23.1. The first kappa shape index (κ1) is 15.5. The number of nitrogens with zero attached hydrogens (tertiary/aromatic N) is 1. The van der Waals surface area contributed by atoms with Crippen LogP contribution in [0.5, 0.6) is 0 Å². The minimum atomic E-state index is -4.25. The lowest BCUT2D eigenvalue weighted by molar-refractivity contribution is -0.134. The molecule has 0 bridgehead atoms. The fraction of sp³-hybridized carbons (Fsp3) is 0.375. The molecule has 2 atom stereocenters. The van der Waals surface area contributed by atoms with E-state index in [0.29, 0.717) is 13.1 Å². The summed E-state index contributed by atoms with van der Waals surface area (Å²) in [6.07, 6.45) is -4.25. The van der Waals surface area contributed by atoms with E-state index in [4.69, 9.17) is 5.73 Å². The van der Waals surface area contributed by atoms with Crippen LogP contribution in [0.3, 0.4) is 0 Å². The lowest BCUT2D eigenvalue weighted by Crippen LogP contribution is -2.28. The molecular formula is C16H17F3N2S. The van der Waals surface area contributed by atoms with Crippen molar-refractivity contribution in [1.29, 1.82) is 0 Å². The summed E-state index contributed by atoms with van der Waals surface area (Å²) in [5.74, 6) is 0.239. The molecule has 6 heteroatoms. The van der Waals surface area contributed by atoms with Gasteiger partial charge in [0, 0.05) is 36.5 Å². The molecule has 1 fully saturated rings. The van der Waals surface area contributed by atoms with Crippen molar-refractivity contribution in [3.05, 3.63) is 57.8 Å². The van der Waals surface area contributed by atoms with Crippen LogP contribution in [0, 0.1) is 0 Å². The minimum Gasteiger partial charge on any atom is -0.326 e. The number of thiophene rings is 1. The molecular weight excluding hydrogens is 309 g/mol. The van der Waals surface area contributed by atoms with Gasteiger partial charge < -0.3 is 5.73 Å². The molecule has 2 N–H and O–H groups in total. The second-order valence-electron chi connectivity index (χ2n) is 5.64. The van der Waals surface area contributed by atoms with Gasteiger partial charge in [0.15, 0.2) is 0 Å². The molecule has 0 radical (unpaired) electrons. The average molecular weight is 326 g/mol. The third-order valence-corrected chi connectivity index (χ3v) is 5.10. The molecule has 1 aromatic heterocycles. The number of nitrogens with two attached hydrogens (primary N) is 1. The zero-order valence-electron chi connectivity index (χ0n) is 11.9. The van der Waals surface area contributed by atoms with Gasteiger partial charge in [-0.3, -0.25) is 4.90 Å². The fourth-order valence-electron chi connectivity index (χ4n) is 2.93. The summed E-state index contributed by atoms with van der Waals surface area (Å²) in [5.41, 5.74) is 7.41. The number of alkyl halides is 3. The van der Waals surface area contributed by atoms with Gasteiger partial charge in [0.25, 0.3) is 0 Å². The van der Waals surface area contributed by atoms with Gasteiger partial charge in [0.2, 0.25) is 0 Å². The van der Waals surface area contributed by atoms with Gasteiger partial charge in [0.1, 0.15) is 4.88 Å². The summed E-state index contributed by atoms with van der Waals surface area (Å²) in [5, 5.41) is 0. The van der Waals surface area contributed by atoms with Gasteiger partial charge in [-0.2, -0.15) is 13.2 Å². The molecule has 1 aromatic carbocycles. The van der Waals surface area contributed by atoms with Crippen LogP contribution in [0.25, 0.3) is 0 Å². The Kier molecular flexibility index (Phi) is 4.25. The van der Waals surface area contributed by atoms with Crippen molar-refractivity contribution in [2.75, 3.05) is 13.1 Å². The van der Waals surface area contributed by atoms with E-state index in [1.807, 2.05) is 18.2 Å². The predicted molar refractivity (Wildman–Crippen MR) is 81.8 cm³/mol. The molecule has 2 heterocycles. The molecule has 0 aliphatic carbocycles. The van der Waals surface area contributed by atoms with Gasteiger partial charge in [-0.05, 0) is 17.7 Å². The first-order chi connectivity index (χ1) is 10.4. The summed E-state index contributed by atoms with van der Waals surface area (Å²) in [6.45, 7) is 2.01. The Morgan fingerprint density at radius 1 is 1.09 bits per heavy atom. The highest BCUT2D eigenvalue weighted by Gasteiger charge is 2.34. The highest BCUT2D eigenvalue weighted by molar-refractivity contribution is 7.12. The predicted octanol–water partition coefficient (Wildman–Crippen LogP) is 3.69. The molecule has 0 spiro atoms. The van der Waals surface area contributed by atoms with Crippen LogP contribution in [-0.4, -0.2) is 24.0 Å². The van der Waals surface area contributed by atoms with E-state index in [0.717, 1.165) is 28.8 Å². The number of hydrogen-bond acceptors (Lipinski definition) is 3. The van der Waals surface area contributed by atoms with Crippen molar-refractivity contribution >= 4 is 11.3 Å². The molecule has 0 unspecified atom stereocenters. The van der Waals surface area contributed by atoms with Gasteiger partial charge in [-0.25, -0.2) is 0 Å². The van der Waals surface area contributed by atoms with Crippen LogP contribution in [0.15, 0.2) is 42.5 Å². The molecule has 0 amide bonds. The van der Waals surface area contributed by atoms with Crippen molar-refractivity contribution < 1.29 is 13.2 Å². The molecule has 1 aliphatic rings. The van der Waals surface area contributed by atoms with E-state index in [2.05, 4.69) is 17.0 Å². The second kappa shape index (κ2) is 6.02. The van der Waals surface area contributed by atoms with Crippen LogP contribution in [-0.2, 0) is 12.7 Å². The summed E-state index contributed by atoms with van der Waals surface area (Å²) < 4.78 is 37.9. The molecule has 0 saturated carbocycles. The monoisotopic (exact) mass is 326 g/mol. The Hall–Kier alpha value is -1.37. The van der Waals surface area contributed by atoms with Crippen molar-refractivity contribution in [3.63, 3.8) is 0 Å². The maximum Gasteiger partial charge on any atom is 0.425 e. The van der Waals surface area contributed by atoms with Crippen molar-refractivity contribution in [1.82, 2.24) is 4.90 Å². The SMILES string of the molecule is N[C@@H]1CN(Cc2ccc(C(F)(F)F)s2)C[C@H]1c1ccccc1. The molecule has 118 valence electrons. The Balaban J connectivity index is 1.66. The van der Waals surface area contributed by atoms with E-state index in [1.165, 1.54) is 5.56 Å². The lowest BCUT2D eigenvalue weighted by Gasteiger charge is -2.15. The van der Waals surface area contributed by atoms with Gasteiger partial charge >= 0.3 is 6.18 Å². The van der Waals surface area contributed by atoms with E-state index in [9.17, 15) is 13.2 Å². The number of hydrogen-bond donors (Lipinski definition) is 1. The number of halogens is 3. The van der Waals surface area contributed by atoms with Gasteiger partial charge in [-0.15, -0.1) is 11.3 Å². The van der Waals surface area contributed by atoms with Crippen LogP contribution >= 0.6 is 11.3 Å².